The number of benzene rings is 1. The monoisotopic (exact) mass is 434 g/mol. The first kappa shape index (κ1) is 22.3. The molecule has 0 atom stereocenters. The lowest BCUT2D eigenvalue weighted by Crippen LogP contribution is -2.28. The van der Waals surface area contributed by atoms with E-state index in [0.717, 1.165) is 46.4 Å². The molecule has 4 rings (SSSR count). The first-order valence-corrected chi connectivity index (χ1v) is 11.4. The molecule has 0 spiro atoms. The predicted molar refractivity (Wildman–Crippen MR) is 128 cm³/mol. The molecule has 3 aromatic rings. The van der Waals surface area contributed by atoms with Crippen LogP contribution in [0.3, 0.4) is 0 Å². The number of aromatic hydroxyl groups is 1. The molecule has 0 unspecified atom stereocenters. The summed E-state index contributed by atoms with van der Waals surface area (Å²) in [6, 6.07) is 8.10. The Kier molecular flexibility index (Phi) is 5.51. The van der Waals surface area contributed by atoms with Crippen LogP contribution < -0.4 is 0 Å². The second-order valence-corrected chi connectivity index (χ2v) is 10.9. The van der Waals surface area contributed by atoms with Gasteiger partial charge in [0.25, 0.3) is 0 Å². The fraction of sp³-hybridized carbons (Fsp3) is 0.500. The van der Waals surface area contributed by atoms with Crippen LogP contribution >= 0.6 is 0 Å². The van der Waals surface area contributed by atoms with E-state index >= 15 is 0 Å². The summed E-state index contributed by atoms with van der Waals surface area (Å²) < 4.78 is 1.91. The van der Waals surface area contributed by atoms with Gasteiger partial charge < -0.3 is 10.0 Å². The lowest BCUT2D eigenvalue weighted by atomic mass is 9.78. The lowest BCUT2D eigenvalue weighted by molar-refractivity contribution is -0.127. The molecule has 1 saturated heterocycles. The maximum atomic E-state index is 12.0. The number of carbonyl (C=O) groups excluding carboxylic acids is 1. The zero-order valence-corrected chi connectivity index (χ0v) is 20.1. The number of fused-ring (bicyclic) bond motifs is 1. The summed E-state index contributed by atoms with van der Waals surface area (Å²) in [5.41, 5.74) is 4.04. The maximum Gasteiger partial charge on any atom is 0.222 e. The van der Waals surface area contributed by atoms with E-state index in [1.165, 1.54) is 0 Å². The van der Waals surface area contributed by atoms with Gasteiger partial charge in [-0.15, -0.1) is 0 Å². The molecule has 1 fully saturated rings. The molecule has 6 nitrogen and oxygen atoms in total. The zero-order valence-electron chi connectivity index (χ0n) is 20.1. The number of hydrogen-bond acceptors (Lipinski definition) is 4. The van der Waals surface area contributed by atoms with E-state index in [2.05, 4.69) is 58.7 Å². The molecule has 1 aromatic carbocycles. The number of carbonyl (C=O) groups is 1. The van der Waals surface area contributed by atoms with Gasteiger partial charge in [0.15, 0.2) is 5.65 Å². The topological polar surface area (TPSA) is 71.2 Å². The highest BCUT2D eigenvalue weighted by atomic mass is 16.3. The molecule has 0 aliphatic carbocycles. The van der Waals surface area contributed by atoms with Crippen LogP contribution in [-0.2, 0) is 22.2 Å². The van der Waals surface area contributed by atoms with Crippen molar-refractivity contribution >= 4 is 16.9 Å². The van der Waals surface area contributed by atoms with Gasteiger partial charge in [-0.05, 0) is 41.5 Å². The van der Waals surface area contributed by atoms with Crippen molar-refractivity contribution in [2.24, 2.45) is 0 Å². The fourth-order valence-corrected chi connectivity index (χ4v) is 4.45. The minimum Gasteiger partial charge on any atom is -0.507 e. The Morgan fingerprint density at radius 1 is 1.03 bits per heavy atom. The van der Waals surface area contributed by atoms with Crippen LogP contribution in [0.5, 0.6) is 5.75 Å². The molecule has 1 aliphatic rings. The normalized spacial score (nSPS) is 15.2. The van der Waals surface area contributed by atoms with Crippen LogP contribution in [0.1, 0.15) is 65.5 Å². The Bertz CT molecular complexity index is 1130. The maximum absolute atomic E-state index is 12.0. The molecule has 2 aromatic heterocycles. The van der Waals surface area contributed by atoms with Gasteiger partial charge in [-0.1, -0.05) is 41.5 Å². The SMILES string of the molecule is CC(C)(C)c1cc(-c2nn(CCN3CCCC3=O)c3ncccc23)cc(C(C)(C)C)c1O. The average Bonchev–Trinajstić information content (AvgIpc) is 3.28. The zero-order chi connectivity index (χ0) is 23.3. The predicted octanol–water partition coefficient (Wildman–Crippen LogP) is 5.02. The van der Waals surface area contributed by atoms with E-state index in [9.17, 15) is 9.90 Å². The lowest BCUT2D eigenvalue weighted by Gasteiger charge is -2.28. The summed E-state index contributed by atoms with van der Waals surface area (Å²) in [5.74, 6) is 0.584. The van der Waals surface area contributed by atoms with Crippen molar-refractivity contribution in [3.63, 3.8) is 0 Å². The van der Waals surface area contributed by atoms with Crippen LogP contribution in [0.15, 0.2) is 30.5 Å². The summed E-state index contributed by atoms with van der Waals surface area (Å²) in [4.78, 5) is 18.5. The van der Waals surface area contributed by atoms with Crippen LogP contribution in [0, 0.1) is 0 Å². The van der Waals surface area contributed by atoms with E-state index < -0.39 is 0 Å². The van der Waals surface area contributed by atoms with Gasteiger partial charge in [0.05, 0.1) is 6.54 Å². The van der Waals surface area contributed by atoms with Gasteiger partial charge >= 0.3 is 0 Å². The Morgan fingerprint density at radius 2 is 1.69 bits per heavy atom. The number of nitrogens with zero attached hydrogens (tertiary/aromatic N) is 4. The fourth-order valence-electron chi connectivity index (χ4n) is 4.45. The molecule has 32 heavy (non-hydrogen) atoms. The smallest absolute Gasteiger partial charge is 0.222 e. The number of phenols is 1. The van der Waals surface area contributed by atoms with Crippen molar-refractivity contribution in [2.75, 3.05) is 13.1 Å². The average molecular weight is 435 g/mol. The Labute approximate surface area is 190 Å². The summed E-state index contributed by atoms with van der Waals surface area (Å²) >= 11 is 0. The molecule has 0 radical (unpaired) electrons. The van der Waals surface area contributed by atoms with Gasteiger partial charge in [-0.3, -0.25) is 4.79 Å². The summed E-state index contributed by atoms with van der Waals surface area (Å²) in [6.45, 7) is 14.8. The molecular formula is C26H34N4O2. The molecule has 0 saturated carbocycles. The Balaban J connectivity index is 1.84. The molecule has 1 aliphatic heterocycles. The highest BCUT2D eigenvalue weighted by molar-refractivity contribution is 5.91. The van der Waals surface area contributed by atoms with Crippen molar-refractivity contribution in [3.8, 4) is 17.0 Å². The minimum atomic E-state index is -0.215. The number of aromatic nitrogens is 3. The number of pyridine rings is 1. The van der Waals surface area contributed by atoms with Crippen molar-refractivity contribution in [1.29, 1.82) is 0 Å². The van der Waals surface area contributed by atoms with Gasteiger partial charge in [0, 0.05) is 47.8 Å². The van der Waals surface area contributed by atoms with Crippen molar-refractivity contribution in [1.82, 2.24) is 19.7 Å². The molecule has 6 heteroatoms. The first-order valence-electron chi connectivity index (χ1n) is 11.4. The number of hydrogen-bond donors (Lipinski definition) is 1. The second kappa shape index (κ2) is 7.91. The Hall–Kier alpha value is -2.89. The number of phenolic OH excluding ortho intramolecular Hbond substituents is 1. The molecule has 1 amide bonds. The van der Waals surface area contributed by atoms with E-state index in [1.807, 2.05) is 21.7 Å². The second-order valence-electron chi connectivity index (χ2n) is 10.9. The summed E-state index contributed by atoms with van der Waals surface area (Å²) in [5, 5.41) is 17.0. The third-order valence-corrected chi connectivity index (χ3v) is 6.26. The third-order valence-electron chi connectivity index (χ3n) is 6.26. The summed E-state index contributed by atoms with van der Waals surface area (Å²) in [6.07, 6.45) is 3.35. The van der Waals surface area contributed by atoms with Gasteiger partial charge in [0.2, 0.25) is 5.91 Å². The molecule has 3 heterocycles. The number of rotatable bonds is 4. The first-order chi connectivity index (χ1) is 15.0. The van der Waals surface area contributed by atoms with E-state index in [0.29, 0.717) is 25.3 Å². The molecule has 0 bridgehead atoms. The van der Waals surface area contributed by atoms with Crippen molar-refractivity contribution in [2.45, 2.75) is 71.8 Å². The van der Waals surface area contributed by atoms with E-state index in [1.54, 1.807) is 6.20 Å². The van der Waals surface area contributed by atoms with Crippen molar-refractivity contribution < 1.29 is 9.90 Å². The van der Waals surface area contributed by atoms with E-state index in [-0.39, 0.29) is 16.7 Å². The Morgan fingerprint density at radius 3 is 2.25 bits per heavy atom. The van der Waals surface area contributed by atoms with Crippen LogP contribution in [0.2, 0.25) is 0 Å². The summed E-state index contributed by atoms with van der Waals surface area (Å²) in [7, 11) is 0. The van der Waals surface area contributed by atoms with Crippen LogP contribution in [-0.4, -0.2) is 43.8 Å². The standard InChI is InChI=1S/C26H34N4O2/c1-25(2,3)19-15-17(16-20(23(19)32)26(4,5)6)22-18-9-7-11-27-24(18)30(28-22)14-13-29-12-8-10-21(29)31/h7,9,11,15-16,32H,8,10,12-14H2,1-6H3. The largest absolute Gasteiger partial charge is 0.507 e. The number of likely N-dealkylation sites (tertiary alicyclic amines) is 1. The molecular weight excluding hydrogens is 400 g/mol. The quantitative estimate of drug-likeness (QED) is 0.626. The van der Waals surface area contributed by atoms with Crippen LogP contribution in [0.4, 0.5) is 0 Å². The van der Waals surface area contributed by atoms with Crippen molar-refractivity contribution in [3.05, 3.63) is 41.6 Å². The molecule has 1 N–H and O–H groups in total. The highest BCUT2D eigenvalue weighted by Gasteiger charge is 2.28. The van der Waals surface area contributed by atoms with Gasteiger partial charge in [0.1, 0.15) is 11.4 Å². The van der Waals surface area contributed by atoms with Gasteiger partial charge in [-0.25, -0.2) is 9.67 Å². The van der Waals surface area contributed by atoms with E-state index in [4.69, 9.17) is 5.10 Å². The van der Waals surface area contributed by atoms with Crippen LogP contribution in [0.25, 0.3) is 22.3 Å². The minimum absolute atomic E-state index is 0.215. The number of amides is 1. The molecule has 170 valence electrons. The van der Waals surface area contributed by atoms with Gasteiger partial charge in [-0.2, -0.15) is 5.10 Å². The third kappa shape index (κ3) is 4.10. The highest BCUT2D eigenvalue weighted by Crippen LogP contribution is 2.42.